The minimum absolute atomic E-state index is 0.146. The highest BCUT2D eigenvalue weighted by molar-refractivity contribution is 7.60. The van der Waals surface area contributed by atoms with Crippen LogP contribution in [0, 0.1) is 0 Å². The van der Waals surface area contributed by atoms with E-state index >= 15 is 0 Å². The van der Waals surface area contributed by atoms with Crippen LogP contribution in [0.25, 0.3) is 0 Å². The van der Waals surface area contributed by atoms with Crippen molar-refractivity contribution in [2.75, 3.05) is 13.2 Å². The van der Waals surface area contributed by atoms with Crippen LogP contribution in [0.2, 0.25) is 0 Å². The second kappa shape index (κ2) is 6.14. The Morgan fingerprint density at radius 2 is 1.79 bits per heavy atom. The Kier molecular flexibility index (Phi) is 6.35. The molecule has 14 heavy (non-hydrogen) atoms. The quantitative estimate of drug-likeness (QED) is 0.395. The predicted octanol–water partition coefficient (Wildman–Crippen LogP) is 3.96. The predicted molar refractivity (Wildman–Crippen MR) is 60.1 cm³/mol. The van der Waals surface area contributed by atoms with Crippen molar-refractivity contribution in [3.63, 3.8) is 0 Å². The molecule has 0 aliphatic rings. The topological polar surface area (TPSA) is 35.5 Å². The van der Waals surface area contributed by atoms with E-state index in [1.54, 1.807) is 13.8 Å². The third-order valence-electron chi connectivity index (χ3n) is 1.39. The highest BCUT2D eigenvalue weighted by Gasteiger charge is 2.47. The molecule has 84 valence electrons. The molecule has 0 aromatic carbocycles. The molecule has 0 N–H and O–H groups in total. The molecule has 0 rings (SSSR count). The number of alkyl halides is 2. The summed E-state index contributed by atoms with van der Waals surface area (Å²) in [6.07, 6.45) is 1.62. The largest absolute Gasteiger partial charge is 0.366 e. The molecule has 3 nitrogen and oxygen atoms in total. The lowest BCUT2D eigenvalue weighted by atomic mass is 10.5. The fourth-order valence-corrected chi connectivity index (χ4v) is 3.14. The van der Waals surface area contributed by atoms with Crippen LogP contribution in [0.4, 0.5) is 0 Å². The molecule has 0 aliphatic carbocycles. The van der Waals surface area contributed by atoms with Crippen LogP contribution < -0.4 is 0 Å². The zero-order valence-corrected chi connectivity index (χ0v) is 10.7. The van der Waals surface area contributed by atoms with Crippen molar-refractivity contribution in [1.82, 2.24) is 0 Å². The molecule has 0 atom stereocenters. The molecule has 0 aliphatic heterocycles. The molecule has 0 spiro atoms. The molecule has 0 radical (unpaired) electrons. The van der Waals surface area contributed by atoms with Gasteiger partial charge in [0.2, 0.25) is 4.07 Å². The van der Waals surface area contributed by atoms with Crippen LogP contribution in [-0.4, -0.2) is 17.3 Å². The van der Waals surface area contributed by atoms with Gasteiger partial charge in [-0.25, -0.2) is 0 Å². The van der Waals surface area contributed by atoms with E-state index in [0.717, 1.165) is 0 Å². The Morgan fingerprint density at radius 1 is 1.36 bits per heavy atom. The van der Waals surface area contributed by atoms with Crippen molar-refractivity contribution in [1.29, 1.82) is 0 Å². The molecule has 0 saturated carbocycles. The van der Waals surface area contributed by atoms with Gasteiger partial charge < -0.3 is 9.05 Å². The fraction of sp³-hybridized carbons (Fsp3) is 0.750. The van der Waals surface area contributed by atoms with Gasteiger partial charge in [0.1, 0.15) is 0 Å². The minimum Gasteiger partial charge on any atom is -0.307 e. The van der Waals surface area contributed by atoms with E-state index in [0.29, 0.717) is 0 Å². The third-order valence-corrected chi connectivity index (χ3v) is 5.12. The van der Waals surface area contributed by atoms with Gasteiger partial charge in [-0.1, -0.05) is 29.3 Å². The molecule has 0 unspecified atom stereocenters. The molecule has 0 aromatic heterocycles. The normalized spacial score (nSPS) is 12.9. The molecule has 0 heterocycles. The fourth-order valence-electron chi connectivity index (χ4n) is 0.852. The van der Waals surface area contributed by atoms with Crippen LogP contribution in [-0.2, 0) is 13.6 Å². The summed E-state index contributed by atoms with van der Waals surface area (Å²) in [6.45, 7) is 7.34. The summed E-state index contributed by atoms with van der Waals surface area (Å²) in [6, 6.07) is 0. The Bertz CT molecular complexity index is 221. The van der Waals surface area contributed by atoms with Crippen molar-refractivity contribution in [2.24, 2.45) is 0 Å². The van der Waals surface area contributed by atoms with E-state index in [2.05, 4.69) is 6.58 Å². The number of hydrogen-bond acceptors (Lipinski definition) is 3. The van der Waals surface area contributed by atoms with Crippen molar-refractivity contribution >= 4 is 30.8 Å². The van der Waals surface area contributed by atoms with E-state index in [9.17, 15) is 4.57 Å². The molecule has 0 amide bonds. The molecule has 6 heteroatoms. The van der Waals surface area contributed by atoms with Gasteiger partial charge in [0.15, 0.2) is 0 Å². The molecule has 0 saturated heterocycles. The first-order valence-corrected chi connectivity index (χ1v) is 6.61. The highest BCUT2D eigenvalue weighted by Crippen LogP contribution is 2.65. The van der Waals surface area contributed by atoms with Gasteiger partial charge in [-0.3, -0.25) is 4.57 Å². The standard InChI is InChI=1S/C8H15Cl2O3P/c1-4-7-8(9,10)14(11,12-5-2)13-6-3/h4H,1,5-7H2,2-3H3. The van der Waals surface area contributed by atoms with Crippen molar-refractivity contribution < 1.29 is 13.6 Å². The van der Waals surface area contributed by atoms with Crippen LogP contribution in [0.3, 0.4) is 0 Å². The second-order valence-electron chi connectivity index (χ2n) is 2.49. The molecular formula is C8H15Cl2O3P. The van der Waals surface area contributed by atoms with E-state index in [1.807, 2.05) is 0 Å². The Balaban J connectivity index is 4.77. The van der Waals surface area contributed by atoms with Gasteiger partial charge in [-0.15, -0.1) is 6.58 Å². The minimum atomic E-state index is -3.48. The second-order valence-corrected chi connectivity index (χ2v) is 6.78. The average Bonchev–Trinajstić information content (AvgIpc) is 2.04. The zero-order valence-electron chi connectivity index (χ0n) is 8.33. The smallest absolute Gasteiger partial charge is 0.307 e. The number of allylic oxidation sites excluding steroid dienone is 1. The monoisotopic (exact) mass is 260 g/mol. The third kappa shape index (κ3) is 3.56. The Morgan fingerprint density at radius 3 is 2.07 bits per heavy atom. The first-order chi connectivity index (χ1) is 6.43. The van der Waals surface area contributed by atoms with Gasteiger partial charge in [0, 0.05) is 6.42 Å². The summed E-state index contributed by atoms with van der Waals surface area (Å²) in [7, 11) is -3.48. The highest BCUT2D eigenvalue weighted by atomic mass is 35.5. The Hall–Kier alpha value is 0.470. The molecular weight excluding hydrogens is 246 g/mol. The Labute approximate surface area is 94.9 Å². The maximum Gasteiger partial charge on any atom is 0.366 e. The zero-order chi connectivity index (χ0) is 11.2. The summed E-state index contributed by atoms with van der Waals surface area (Å²) in [5.74, 6) is 0. The van der Waals surface area contributed by atoms with E-state index < -0.39 is 11.7 Å². The van der Waals surface area contributed by atoms with Crippen molar-refractivity contribution in [3.8, 4) is 0 Å². The van der Waals surface area contributed by atoms with E-state index in [4.69, 9.17) is 32.2 Å². The SMILES string of the molecule is C=CCC(Cl)(Cl)P(=O)(OCC)OCC. The van der Waals surface area contributed by atoms with E-state index in [-0.39, 0.29) is 19.6 Å². The molecule has 0 bridgehead atoms. The molecule has 0 aromatic rings. The maximum atomic E-state index is 12.1. The van der Waals surface area contributed by atoms with Crippen LogP contribution in [0.15, 0.2) is 12.7 Å². The summed E-state index contributed by atoms with van der Waals surface area (Å²) in [5.41, 5.74) is 0. The lowest BCUT2D eigenvalue weighted by Gasteiger charge is -2.27. The lowest BCUT2D eigenvalue weighted by Crippen LogP contribution is -2.16. The van der Waals surface area contributed by atoms with Crippen molar-refractivity contribution in [3.05, 3.63) is 12.7 Å². The van der Waals surface area contributed by atoms with Crippen LogP contribution in [0.5, 0.6) is 0 Å². The van der Waals surface area contributed by atoms with Gasteiger partial charge in [0.25, 0.3) is 0 Å². The van der Waals surface area contributed by atoms with Gasteiger partial charge >= 0.3 is 7.60 Å². The van der Waals surface area contributed by atoms with Gasteiger partial charge in [-0.2, -0.15) is 0 Å². The molecule has 0 fully saturated rings. The maximum absolute atomic E-state index is 12.1. The first kappa shape index (κ1) is 14.5. The summed E-state index contributed by atoms with van der Waals surface area (Å²) < 4.78 is 20.5. The van der Waals surface area contributed by atoms with Crippen LogP contribution in [0.1, 0.15) is 20.3 Å². The summed E-state index contributed by atoms with van der Waals surface area (Å²) in [4.78, 5) is 0. The average molecular weight is 261 g/mol. The van der Waals surface area contributed by atoms with Gasteiger partial charge in [-0.05, 0) is 13.8 Å². The summed E-state index contributed by atoms with van der Waals surface area (Å²) >= 11 is 11.8. The van der Waals surface area contributed by atoms with E-state index in [1.165, 1.54) is 6.08 Å². The lowest BCUT2D eigenvalue weighted by molar-refractivity contribution is 0.215. The van der Waals surface area contributed by atoms with Gasteiger partial charge in [0.05, 0.1) is 13.2 Å². The number of rotatable bonds is 7. The summed E-state index contributed by atoms with van der Waals surface area (Å²) in [5, 5.41) is 0. The number of hydrogen-bond donors (Lipinski definition) is 0. The number of halogens is 2. The van der Waals surface area contributed by atoms with Crippen LogP contribution >= 0.6 is 30.8 Å². The first-order valence-electron chi connectivity index (χ1n) is 4.31. The van der Waals surface area contributed by atoms with Crippen molar-refractivity contribution in [2.45, 2.75) is 24.3 Å².